The number of nitrogens with zero attached hydrogens (tertiary/aromatic N) is 4. The molecule has 1 aliphatic carbocycles. The molecule has 2 heterocycles. The highest BCUT2D eigenvalue weighted by Gasteiger charge is 2.33. The van der Waals surface area contributed by atoms with Crippen molar-refractivity contribution in [1.82, 2.24) is 9.88 Å². The summed E-state index contributed by atoms with van der Waals surface area (Å²) in [4.78, 5) is 21.5. The maximum Gasteiger partial charge on any atom is 0.225 e. The number of amides is 1. The van der Waals surface area contributed by atoms with E-state index in [-0.39, 0.29) is 11.9 Å². The molecule has 1 aliphatic heterocycles. The Morgan fingerprint density at radius 1 is 1.25 bits per heavy atom. The van der Waals surface area contributed by atoms with E-state index in [0.29, 0.717) is 62.3 Å². The number of rotatable bonds is 8. The Labute approximate surface area is 189 Å². The smallest absolute Gasteiger partial charge is 0.225 e. The number of methoxy groups -OCH3 is 1. The third-order valence-electron chi connectivity index (χ3n) is 6.08. The van der Waals surface area contributed by atoms with Gasteiger partial charge in [-0.2, -0.15) is 5.26 Å². The van der Waals surface area contributed by atoms with Crippen molar-refractivity contribution in [3.05, 3.63) is 53.2 Å². The number of hydrogen-bond donors (Lipinski definition) is 0. The molecule has 1 aromatic carbocycles. The minimum absolute atomic E-state index is 0.0415. The highest BCUT2D eigenvalue weighted by Crippen LogP contribution is 2.45. The summed E-state index contributed by atoms with van der Waals surface area (Å²) in [5.41, 5.74) is 2.55. The molecule has 2 aromatic rings. The number of hydrogen-bond acceptors (Lipinski definition) is 6. The fourth-order valence-electron chi connectivity index (χ4n) is 4.18. The van der Waals surface area contributed by atoms with Crippen LogP contribution in [0.5, 0.6) is 5.75 Å². The van der Waals surface area contributed by atoms with Crippen molar-refractivity contribution < 1.29 is 14.3 Å². The fraction of sp³-hybridized carbons (Fsp3) is 0.480. The van der Waals surface area contributed by atoms with E-state index in [2.05, 4.69) is 11.0 Å². The topological polar surface area (TPSA) is 78.7 Å². The van der Waals surface area contributed by atoms with Gasteiger partial charge in [-0.25, -0.2) is 4.98 Å². The van der Waals surface area contributed by atoms with Gasteiger partial charge in [0.05, 0.1) is 24.3 Å². The summed E-state index contributed by atoms with van der Waals surface area (Å²) >= 11 is 0. The monoisotopic (exact) mass is 434 g/mol. The second kappa shape index (κ2) is 10.0. The van der Waals surface area contributed by atoms with E-state index in [1.54, 1.807) is 7.11 Å². The lowest BCUT2D eigenvalue weighted by atomic mass is 10.1. The van der Waals surface area contributed by atoms with Crippen LogP contribution in [0.2, 0.25) is 0 Å². The molecule has 1 saturated carbocycles. The molecule has 0 spiro atoms. The molecule has 168 valence electrons. The predicted octanol–water partition coefficient (Wildman–Crippen LogP) is 3.48. The number of carbonyl (C=O) groups excluding carboxylic acids is 1. The van der Waals surface area contributed by atoms with E-state index >= 15 is 0 Å². The van der Waals surface area contributed by atoms with Crippen LogP contribution in [0, 0.1) is 11.3 Å². The zero-order chi connectivity index (χ0) is 22.5. The van der Waals surface area contributed by atoms with Crippen LogP contribution in [0.15, 0.2) is 36.4 Å². The van der Waals surface area contributed by atoms with E-state index in [9.17, 15) is 10.1 Å². The maximum absolute atomic E-state index is 12.5. The molecule has 0 radical (unpaired) electrons. The maximum atomic E-state index is 12.5. The van der Waals surface area contributed by atoms with Crippen molar-refractivity contribution in [2.75, 3.05) is 38.3 Å². The number of piperazine rings is 1. The fourth-order valence-corrected chi connectivity index (χ4v) is 4.18. The molecule has 1 amide bonds. The zero-order valence-electron chi connectivity index (χ0n) is 18.8. The van der Waals surface area contributed by atoms with E-state index in [0.717, 1.165) is 24.1 Å². The molecule has 2 fully saturated rings. The van der Waals surface area contributed by atoms with Gasteiger partial charge in [0, 0.05) is 44.8 Å². The summed E-state index contributed by atoms with van der Waals surface area (Å²) in [6.45, 7) is 4.84. The van der Waals surface area contributed by atoms with Crippen LogP contribution in [-0.2, 0) is 16.1 Å². The summed E-state index contributed by atoms with van der Waals surface area (Å²) in [5.74, 6) is 1.91. The molecule has 32 heavy (non-hydrogen) atoms. The number of ether oxygens (including phenoxy) is 2. The average Bonchev–Trinajstić information content (AvgIpc) is 3.66. The van der Waals surface area contributed by atoms with Gasteiger partial charge in [0.2, 0.25) is 5.91 Å². The van der Waals surface area contributed by atoms with E-state index in [1.165, 1.54) is 0 Å². The summed E-state index contributed by atoms with van der Waals surface area (Å²) in [6.07, 6.45) is 2.58. The molecule has 2 aliphatic rings. The zero-order valence-corrected chi connectivity index (χ0v) is 18.8. The Balaban J connectivity index is 1.52. The van der Waals surface area contributed by atoms with Gasteiger partial charge in [0.1, 0.15) is 24.2 Å². The van der Waals surface area contributed by atoms with Crippen LogP contribution >= 0.6 is 0 Å². The van der Waals surface area contributed by atoms with Crippen molar-refractivity contribution in [2.24, 2.45) is 0 Å². The lowest BCUT2D eigenvalue weighted by molar-refractivity contribution is -0.134. The first-order valence-corrected chi connectivity index (χ1v) is 11.3. The molecular weight excluding hydrogens is 404 g/mol. The standard InChI is InChI=1S/C25H30N4O3/c1-18-16-28(11-12-29(18)23(30)10-13-31-2)25-21(15-26)14-22(24(27-25)20-8-9-20)32-17-19-6-4-3-5-7-19/h3-7,14,18,20H,8-13,16-17H2,1-2H3/t18-/m1/s1. The largest absolute Gasteiger partial charge is 0.487 e. The van der Waals surface area contributed by atoms with Gasteiger partial charge >= 0.3 is 0 Å². The Bertz CT molecular complexity index is 985. The molecular formula is C25H30N4O3. The molecule has 1 saturated heterocycles. The number of benzene rings is 1. The first-order chi connectivity index (χ1) is 15.6. The van der Waals surface area contributed by atoms with Gasteiger partial charge in [-0.05, 0) is 25.3 Å². The van der Waals surface area contributed by atoms with Crippen LogP contribution in [0.4, 0.5) is 5.82 Å². The van der Waals surface area contributed by atoms with Crippen LogP contribution in [-0.4, -0.2) is 55.2 Å². The van der Waals surface area contributed by atoms with Crippen molar-refractivity contribution in [3.8, 4) is 11.8 Å². The van der Waals surface area contributed by atoms with E-state index in [1.807, 2.05) is 48.2 Å². The van der Waals surface area contributed by atoms with Crippen molar-refractivity contribution in [1.29, 1.82) is 5.26 Å². The Kier molecular flexibility index (Phi) is 6.91. The van der Waals surface area contributed by atoms with Crippen molar-refractivity contribution in [3.63, 3.8) is 0 Å². The Morgan fingerprint density at radius 2 is 2.03 bits per heavy atom. The highest BCUT2D eigenvalue weighted by atomic mass is 16.5. The van der Waals surface area contributed by atoms with Gasteiger partial charge in [0.15, 0.2) is 0 Å². The van der Waals surface area contributed by atoms with Gasteiger partial charge in [-0.1, -0.05) is 30.3 Å². The molecule has 4 rings (SSSR count). The highest BCUT2D eigenvalue weighted by molar-refractivity contribution is 5.77. The molecule has 0 unspecified atom stereocenters. The van der Waals surface area contributed by atoms with Crippen molar-refractivity contribution >= 4 is 11.7 Å². The Morgan fingerprint density at radius 3 is 2.69 bits per heavy atom. The summed E-state index contributed by atoms with van der Waals surface area (Å²) < 4.78 is 11.2. The van der Waals surface area contributed by atoms with Gasteiger partial charge in [0.25, 0.3) is 0 Å². The molecule has 7 heteroatoms. The Hall–Kier alpha value is -3.11. The summed E-state index contributed by atoms with van der Waals surface area (Å²) in [5, 5.41) is 9.86. The quantitative estimate of drug-likeness (QED) is 0.633. The minimum atomic E-state index is 0.0415. The number of anilines is 1. The summed E-state index contributed by atoms with van der Waals surface area (Å²) in [6, 6.07) is 14.2. The SMILES string of the molecule is COCCC(=O)N1CCN(c2nc(C3CC3)c(OCc3ccccc3)cc2C#N)C[C@H]1C. The van der Waals surface area contributed by atoms with Gasteiger partial charge in [-0.3, -0.25) is 4.79 Å². The normalized spacial score (nSPS) is 18.3. The van der Waals surface area contributed by atoms with Gasteiger partial charge < -0.3 is 19.3 Å². The average molecular weight is 435 g/mol. The molecule has 1 atom stereocenters. The molecule has 7 nitrogen and oxygen atoms in total. The number of carbonyl (C=O) groups is 1. The lowest BCUT2D eigenvalue weighted by Gasteiger charge is -2.40. The minimum Gasteiger partial charge on any atom is -0.487 e. The second-order valence-corrected chi connectivity index (χ2v) is 8.53. The second-order valence-electron chi connectivity index (χ2n) is 8.53. The predicted molar refractivity (Wildman–Crippen MR) is 122 cm³/mol. The van der Waals surface area contributed by atoms with Crippen molar-refractivity contribution in [2.45, 2.75) is 44.8 Å². The van der Waals surface area contributed by atoms with Crippen LogP contribution in [0.1, 0.15) is 48.9 Å². The number of nitriles is 1. The van der Waals surface area contributed by atoms with E-state index < -0.39 is 0 Å². The molecule has 0 bridgehead atoms. The third kappa shape index (κ3) is 5.03. The first kappa shape index (κ1) is 22.1. The number of aromatic nitrogens is 1. The molecule has 0 N–H and O–H groups in total. The third-order valence-corrected chi connectivity index (χ3v) is 6.08. The van der Waals surface area contributed by atoms with Crippen LogP contribution in [0.25, 0.3) is 0 Å². The first-order valence-electron chi connectivity index (χ1n) is 11.3. The van der Waals surface area contributed by atoms with Crippen LogP contribution < -0.4 is 9.64 Å². The van der Waals surface area contributed by atoms with Crippen LogP contribution in [0.3, 0.4) is 0 Å². The molecule has 1 aromatic heterocycles. The number of pyridine rings is 1. The summed E-state index contributed by atoms with van der Waals surface area (Å²) in [7, 11) is 1.61. The van der Waals surface area contributed by atoms with E-state index in [4.69, 9.17) is 14.5 Å². The van der Waals surface area contributed by atoms with Gasteiger partial charge in [-0.15, -0.1) is 0 Å². The lowest BCUT2D eigenvalue weighted by Crippen LogP contribution is -2.54.